The molecule has 8 nitrogen and oxygen atoms in total. The number of hydrogen-bond acceptors (Lipinski definition) is 5. The van der Waals surface area contributed by atoms with E-state index in [0.717, 1.165) is 12.8 Å². The minimum Gasteiger partial charge on any atom is -0.463 e. The van der Waals surface area contributed by atoms with E-state index in [-0.39, 0.29) is 17.4 Å². The number of carbonyl (C=O) groups is 1. The lowest BCUT2D eigenvalue weighted by molar-refractivity contribution is -0.116. The molecule has 1 amide bonds. The van der Waals surface area contributed by atoms with Crippen molar-refractivity contribution in [1.82, 2.24) is 19.7 Å². The van der Waals surface area contributed by atoms with Crippen molar-refractivity contribution >= 4 is 11.7 Å². The van der Waals surface area contributed by atoms with Crippen LogP contribution in [0.4, 0.5) is 5.82 Å². The number of hydrogen-bond donors (Lipinski definition) is 2. The zero-order chi connectivity index (χ0) is 18.5. The van der Waals surface area contributed by atoms with Gasteiger partial charge in [0.15, 0.2) is 5.76 Å². The summed E-state index contributed by atoms with van der Waals surface area (Å²) in [6.07, 6.45) is 4.30. The van der Waals surface area contributed by atoms with Gasteiger partial charge in [-0.05, 0) is 25.0 Å². The third-order valence-electron chi connectivity index (χ3n) is 3.85. The van der Waals surface area contributed by atoms with E-state index in [1.165, 1.54) is 10.7 Å². The molecular formula is C18H21N5O3. The first-order valence-corrected chi connectivity index (χ1v) is 8.65. The number of anilines is 1. The summed E-state index contributed by atoms with van der Waals surface area (Å²) in [5.41, 5.74) is 0.901. The highest BCUT2D eigenvalue weighted by Gasteiger charge is 2.17. The van der Waals surface area contributed by atoms with E-state index < -0.39 is 0 Å². The molecule has 3 heterocycles. The number of amides is 1. The van der Waals surface area contributed by atoms with Crippen molar-refractivity contribution in [1.29, 1.82) is 0 Å². The van der Waals surface area contributed by atoms with Gasteiger partial charge in [-0.3, -0.25) is 14.6 Å². The zero-order valence-electron chi connectivity index (χ0n) is 14.8. The Kier molecular flexibility index (Phi) is 5.31. The van der Waals surface area contributed by atoms with Crippen LogP contribution in [0.3, 0.4) is 0 Å². The summed E-state index contributed by atoms with van der Waals surface area (Å²) in [6.45, 7) is 3.94. The zero-order valence-corrected chi connectivity index (χ0v) is 14.8. The summed E-state index contributed by atoms with van der Waals surface area (Å²) in [6, 6.07) is 6.67. The second-order valence-electron chi connectivity index (χ2n) is 5.87. The van der Waals surface area contributed by atoms with Gasteiger partial charge >= 0.3 is 0 Å². The third kappa shape index (κ3) is 3.90. The predicted molar refractivity (Wildman–Crippen MR) is 97.2 cm³/mol. The van der Waals surface area contributed by atoms with E-state index >= 15 is 0 Å². The fourth-order valence-electron chi connectivity index (χ4n) is 2.49. The number of carbonyl (C=O) groups excluding carboxylic acids is 1. The molecule has 26 heavy (non-hydrogen) atoms. The van der Waals surface area contributed by atoms with Crippen molar-refractivity contribution in [2.75, 3.05) is 5.32 Å². The topological polar surface area (TPSA) is 106 Å². The molecule has 3 aromatic rings. The molecule has 0 bridgehead atoms. The van der Waals surface area contributed by atoms with E-state index in [4.69, 9.17) is 4.42 Å². The molecule has 0 aliphatic rings. The monoisotopic (exact) mass is 355 g/mol. The van der Waals surface area contributed by atoms with Crippen LogP contribution in [0.1, 0.15) is 38.8 Å². The molecule has 0 aliphatic carbocycles. The van der Waals surface area contributed by atoms with E-state index in [9.17, 15) is 9.59 Å². The molecule has 0 atom stereocenters. The number of rotatable bonds is 7. The smallest absolute Gasteiger partial charge is 0.252 e. The molecule has 136 valence electrons. The van der Waals surface area contributed by atoms with Crippen LogP contribution in [-0.2, 0) is 11.2 Å². The van der Waals surface area contributed by atoms with Crippen LogP contribution >= 0.6 is 0 Å². The van der Waals surface area contributed by atoms with Crippen LogP contribution in [0.15, 0.2) is 39.7 Å². The van der Waals surface area contributed by atoms with E-state index in [0.29, 0.717) is 35.8 Å². The SMILES string of the molecule is CCCCC(=O)Nc1cc(-c2ccco2)nn1-c1nc(CC)cc(=O)[nH]1. The summed E-state index contributed by atoms with van der Waals surface area (Å²) in [7, 11) is 0. The van der Waals surface area contributed by atoms with Crippen molar-refractivity contribution in [3.8, 4) is 17.4 Å². The van der Waals surface area contributed by atoms with Crippen LogP contribution < -0.4 is 10.9 Å². The Morgan fingerprint density at radius 1 is 1.35 bits per heavy atom. The molecule has 2 N–H and O–H groups in total. The Labute approximate surface area is 150 Å². The Morgan fingerprint density at radius 3 is 2.88 bits per heavy atom. The lowest BCUT2D eigenvalue weighted by Crippen LogP contribution is -2.19. The maximum absolute atomic E-state index is 12.2. The van der Waals surface area contributed by atoms with Crippen molar-refractivity contribution in [3.05, 3.63) is 46.6 Å². The number of nitrogens with one attached hydrogen (secondary N) is 2. The summed E-state index contributed by atoms with van der Waals surface area (Å²) in [5, 5.41) is 7.29. The average molecular weight is 355 g/mol. The quantitative estimate of drug-likeness (QED) is 0.678. The van der Waals surface area contributed by atoms with Crippen LogP contribution in [0.2, 0.25) is 0 Å². The maximum atomic E-state index is 12.2. The van der Waals surface area contributed by atoms with Gasteiger partial charge in [-0.1, -0.05) is 20.3 Å². The maximum Gasteiger partial charge on any atom is 0.252 e. The summed E-state index contributed by atoms with van der Waals surface area (Å²) < 4.78 is 6.80. The highest BCUT2D eigenvalue weighted by molar-refractivity contribution is 5.90. The van der Waals surface area contributed by atoms with Gasteiger partial charge in [-0.25, -0.2) is 4.98 Å². The standard InChI is InChI=1S/C18H21N5O3/c1-3-5-8-16(24)20-15-11-13(14-7-6-9-26-14)22-23(15)18-19-12(4-2)10-17(25)21-18/h6-7,9-11H,3-5,8H2,1-2H3,(H,20,24)(H,19,21,25). The van der Waals surface area contributed by atoms with Crippen LogP contribution in [0, 0.1) is 0 Å². The lowest BCUT2D eigenvalue weighted by atomic mass is 10.2. The minimum atomic E-state index is -0.273. The van der Waals surface area contributed by atoms with Gasteiger partial charge in [0.05, 0.1) is 6.26 Å². The minimum absolute atomic E-state index is 0.118. The normalized spacial score (nSPS) is 10.8. The number of nitrogens with zero attached hydrogens (tertiary/aromatic N) is 3. The number of aromatic nitrogens is 4. The van der Waals surface area contributed by atoms with Crippen molar-refractivity contribution in [2.45, 2.75) is 39.5 Å². The number of aryl methyl sites for hydroxylation is 1. The van der Waals surface area contributed by atoms with Crippen LogP contribution in [0.25, 0.3) is 17.4 Å². The molecule has 3 aromatic heterocycles. The van der Waals surface area contributed by atoms with Gasteiger partial charge in [0, 0.05) is 24.2 Å². The largest absolute Gasteiger partial charge is 0.463 e. The molecule has 3 rings (SSSR count). The number of unbranched alkanes of at least 4 members (excludes halogenated alkanes) is 1. The van der Waals surface area contributed by atoms with Gasteiger partial charge in [0.1, 0.15) is 11.5 Å². The first-order valence-electron chi connectivity index (χ1n) is 8.65. The average Bonchev–Trinajstić information content (AvgIpc) is 3.29. The highest BCUT2D eigenvalue weighted by Crippen LogP contribution is 2.24. The molecule has 0 fully saturated rings. The highest BCUT2D eigenvalue weighted by atomic mass is 16.3. The lowest BCUT2D eigenvalue weighted by Gasteiger charge is -2.08. The fraction of sp³-hybridized carbons (Fsp3) is 0.333. The van der Waals surface area contributed by atoms with Gasteiger partial charge in [-0.2, -0.15) is 9.78 Å². The second-order valence-corrected chi connectivity index (χ2v) is 5.87. The van der Waals surface area contributed by atoms with Crippen molar-refractivity contribution in [3.63, 3.8) is 0 Å². The molecule has 0 radical (unpaired) electrons. The van der Waals surface area contributed by atoms with Crippen molar-refractivity contribution < 1.29 is 9.21 Å². The third-order valence-corrected chi connectivity index (χ3v) is 3.85. The first kappa shape index (κ1) is 17.7. The molecule has 8 heteroatoms. The Morgan fingerprint density at radius 2 is 2.19 bits per heavy atom. The van der Waals surface area contributed by atoms with Crippen LogP contribution in [-0.4, -0.2) is 25.7 Å². The summed E-state index contributed by atoms with van der Waals surface area (Å²) >= 11 is 0. The molecule has 0 saturated heterocycles. The number of aromatic amines is 1. The number of H-pyrrole nitrogens is 1. The van der Waals surface area contributed by atoms with Crippen LogP contribution in [0.5, 0.6) is 0 Å². The fourth-order valence-corrected chi connectivity index (χ4v) is 2.49. The predicted octanol–water partition coefficient (Wildman–Crippen LogP) is 2.91. The summed E-state index contributed by atoms with van der Waals surface area (Å²) in [5.74, 6) is 1.11. The van der Waals surface area contributed by atoms with E-state index in [1.807, 2.05) is 13.8 Å². The Hall–Kier alpha value is -3.16. The Bertz CT molecular complexity index is 940. The molecule has 0 spiro atoms. The molecular weight excluding hydrogens is 334 g/mol. The molecule has 0 aromatic carbocycles. The van der Waals surface area contributed by atoms with Gasteiger partial charge < -0.3 is 9.73 Å². The van der Waals surface area contributed by atoms with Gasteiger partial charge in [0.25, 0.3) is 5.56 Å². The van der Waals surface area contributed by atoms with Gasteiger partial charge in [-0.15, -0.1) is 0 Å². The van der Waals surface area contributed by atoms with E-state index in [2.05, 4.69) is 20.4 Å². The second kappa shape index (κ2) is 7.81. The molecule has 0 unspecified atom stereocenters. The van der Waals surface area contributed by atoms with Crippen molar-refractivity contribution in [2.24, 2.45) is 0 Å². The van der Waals surface area contributed by atoms with Gasteiger partial charge in [0.2, 0.25) is 11.9 Å². The Balaban J connectivity index is 2.03. The first-order chi connectivity index (χ1) is 12.6. The molecule has 0 saturated carbocycles. The summed E-state index contributed by atoms with van der Waals surface area (Å²) in [4.78, 5) is 31.2. The number of furan rings is 1. The van der Waals surface area contributed by atoms with E-state index in [1.54, 1.807) is 24.5 Å². The molecule has 0 aliphatic heterocycles.